The lowest BCUT2D eigenvalue weighted by Gasteiger charge is -2.43. The fraction of sp³-hybridized carbons (Fsp3) is 0.417. The molecule has 2 aliphatic rings. The minimum absolute atomic E-state index is 0.0691. The molecule has 0 radical (unpaired) electrons. The van der Waals surface area contributed by atoms with Crippen LogP contribution in [0, 0.1) is 5.92 Å². The molecule has 1 aliphatic carbocycles. The average molecular weight is 404 g/mol. The van der Waals surface area contributed by atoms with Crippen LogP contribution in [0.15, 0.2) is 48.8 Å². The number of likely N-dealkylation sites (N-methyl/N-ethyl adjacent to an activating group) is 1. The van der Waals surface area contributed by atoms with Crippen LogP contribution in [-0.2, 0) is 12.8 Å². The molecule has 0 saturated carbocycles. The van der Waals surface area contributed by atoms with Gasteiger partial charge in [0.05, 0.1) is 0 Å². The van der Waals surface area contributed by atoms with E-state index in [4.69, 9.17) is 0 Å². The molecule has 1 aromatic carbocycles. The van der Waals surface area contributed by atoms with E-state index in [1.54, 1.807) is 0 Å². The molecule has 3 heterocycles. The standard InChI is InChI=1S/C24H29N5O/c1-16-9-12-29(24(30)27-19-13-17-5-3-4-6-18(17)14-19)15-22(16)28(2)21-8-11-26-23-20(21)7-10-25-23/h3-8,10-11,16,19,22H,9,12-15H2,1-2H3,(H,25,26)(H,27,30)/t16-,22?/m1/s1. The summed E-state index contributed by atoms with van der Waals surface area (Å²) in [4.78, 5) is 25.0. The largest absolute Gasteiger partial charge is 0.369 e. The van der Waals surface area contributed by atoms with Crippen molar-refractivity contribution in [2.24, 2.45) is 5.92 Å². The molecule has 2 aromatic heterocycles. The molecule has 1 fully saturated rings. The summed E-state index contributed by atoms with van der Waals surface area (Å²) in [5.74, 6) is 0.511. The molecule has 1 aliphatic heterocycles. The molecule has 6 nitrogen and oxygen atoms in total. The molecule has 5 rings (SSSR count). The minimum Gasteiger partial charge on any atom is -0.369 e. The number of nitrogens with one attached hydrogen (secondary N) is 2. The summed E-state index contributed by atoms with van der Waals surface area (Å²) in [7, 11) is 2.14. The molecule has 1 saturated heterocycles. The number of pyridine rings is 1. The quantitative estimate of drug-likeness (QED) is 0.703. The number of amides is 2. The monoisotopic (exact) mass is 403 g/mol. The van der Waals surface area contributed by atoms with Crippen molar-refractivity contribution in [3.63, 3.8) is 0 Å². The molecule has 2 amide bonds. The van der Waals surface area contributed by atoms with Gasteiger partial charge < -0.3 is 20.1 Å². The molecule has 156 valence electrons. The number of likely N-dealkylation sites (tertiary alicyclic amines) is 1. The number of piperidine rings is 1. The van der Waals surface area contributed by atoms with Crippen molar-refractivity contribution in [2.45, 2.75) is 38.3 Å². The summed E-state index contributed by atoms with van der Waals surface area (Å²) < 4.78 is 0. The second-order valence-corrected chi connectivity index (χ2v) is 8.78. The number of anilines is 1. The van der Waals surface area contributed by atoms with Crippen LogP contribution in [0.25, 0.3) is 11.0 Å². The van der Waals surface area contributed by atoms with Crippen LogP contribution in [0.3, 0.4) is 0 Å². The van der Waals surface area contributed by atoms with Crippen molar-refractivity contribution >= 4 is 22.8 Å². The zero-order chi connectivity index (χ0) is 20.7. The molecule has 2 atom stereocenters. The van der Waals surface area contributed by atoms with E-state index in [1.165, 1.54) is 11.1 Å². The van der Waals surface area contributed by atoms with E-state index in [2.05, 4.69) is 70.6 Å². The van der Waals surface area contributed by atoms with Crippen molar-refractivity contribution in [1.29, 1.82) is 0 Å². The molecular weight excluding hydrogens is 374 g/mol. The Balaban J connectivity index is 1.28. The Kier molecular flexibility index (Phi) is 4.85. The van der Waals surface area contributed by atoms with Crippen LogP contribution in [-0.4, -0.2) is 53.1 Å². The predicted octanol–water partition coefficient (Wildman–Crippen LogP) is 3.59. The lowest BCUT2D eigenvalue weighted by molar-refractivity contribution is 0.158. The zero-order valence-electron chi connectivity index (χ0n) is 17.6. The Morgan fingerprint density at radius 1 is 1.20 bits per heavy atom. The average Bonchev–Trinajstić information content (AvgIpc) is 3.39. The number of hydrogen-bond donors (Lipinski definition) is 2. The summed E-state index contributed by atoms with van der Waals surface area (Å²) in [5.41, 5.74) is 4.78. The van der Waals surface area contributed by atoms with Gasteiger partial charge >= 0.3 is 6.03 Å². The second kappa shape index (κ2) is 7.67. The van der Waals surface area contributed by atoms with E-state index in [9.17, 15) is 4.79 Å². The maximum Gasteiger partial charge on any atom is 0.317 e. The van der Waals surface area contributed by atoms with Crippen LogP contribution < -0.4 is 10.2 Å². The number of H-pyrrole nitrogens is 1. The number of rotatable bonds is 3. The fourth-order valence-electron chi connectivity index (χ4n) is 5.10. The van der Waals surface area contributed by atoms with Crippen LogP contribution in [0.1, 0.15) is 24.5 Å². The van der Waals surface area contributed by atoms with Gasteiger partial charge in [-0.2, -0.15) is 0 Å². The highest BCUT2D eigenvalue weighted by molar-refractivity contribution is 5.89. The second-order valence-electron chi connectivity index (χ2n) is 8.78. The van der Waals surface area contributed by atoms with Gasteiger partial charge in [-0.25, -0.2) is 9.78 Å². The number of aromatic amines is 1. The SMILES string of the molecule is C[C@@H]1CCN(C(=O)NC2Cc3ccccc3C2)CC1N(C)c1ccnc2[nH]ccc12. The van der Waals surface area contributed by atoms with E-state index in [0.717, 1.165) is 49.1 Å². The normalized spacial score (nSPS) is 21.6. The Morgan fingerprint density at radius 3 is 2.73 bits per heavy atom. The summed E-state index contributed by atoms with van der Waals surface area (Å²) in [5, 5.41) is 4.41. The van der Waals surface area contributed by atoms with Gasteiger partial charge in [0.25, 0.3) is 0 Å². The van der Waals surface area contributed by atoms with Gasteiger partial charge in [-0.1, -0.05) is 31.2 Å². The molecule has 0 spiro atoms. The third-order valence-corrected chi connectivity index (χ3v) is 6.90. The first-order valence-electron chi connectivity index (χ1n) is 10.9. The van der Waals surface area contributed by atoms with Gasteiger partial charge in [0, 0.05) is 55.7 Å². The summed E-state index contributed by atoms with van der Waals surface area (Å²) in [6.07, 6.45) is 6.64. The predicted molar refractivity (Wildman–Crippen MR) is 120 cm³/mol. The highest BCUT2D eigenvalue weighted by Gasteiger charge is 2.33. The van der Waals surface area contributed by atoms with Crippen molar-refractivity contribution in [2.75, 3.05) is 25.0 Å². The first-order chi connectivity index (χ1) is 14.6. The third-order valence-electron chi connectivity index (χ3n) is 6.90. The zero-order valence-corrected chi connectivity index (χ0v) is 17.6. The van der Waals surface area contributed by atoms with Gasteiger partial charge in [0.1, 0.15) is 5.65 Å². The number of hydrogen-bond acceptors (Lipinski definition) is 3. The van der Waals surface area contributed by atoms with Crippen molar-refractivity contribution in [1.82, 2.24) is 20.2 Å². The van der Waals surface area contributed by atoms with Crippen LogP contribution in [0.5, 0.6) is 0 Å². The van der Waals surface area contributed by atoms with Crippen molar-refractivity contribution in [3.8, 4) is 0 Å². The van der Waals surface area contributed by atoms with Gasteiger partial charge in [-0.05, 0) is 48.4 Å². The maximum atomic E-state index is 13.1. The van der Waals surface area contributed by atoms with Crippen LogP contribution in [0.2, 0.25) is 0 Å². The Labute approximate surface area is 177 Å². The molecule has 2 N–H and O–H groups in total. The highest BCUT2D eigenvalue weighted by Crippen LogP contribution is 2.30. The van der Waals surface area contributed by atoms with E-state index < -0.39 is 0 Å². The highest BCUT2D eigenvalue weighted by atomic mass is 16.2. The molecular formula is C24H29N5O. The smallest absolute Gasteiger partial charge is 0.317 e. The first kappa shape index (κ1) is 19.0. The molecule has 30 heavy (non-hydrogen) atoms. The molecule has 3 aromatic rings. The number of fused-ring (bicyclic) bond motifs is 2. The number of urea groups is 1. The third kappa shape index (κ3) is 3.40. The molecule has 0 bridgehead atoms. The van der Waals surface area contributed by atoms with Crippen molar-refractivity contribution < 1.29 is 4.79 Å². The van der Waals surface area contributed by atoms with Crippen LogP contribution in [0.4, 0.5) is 10.5 Å². The molecule has 6 heteroatoms. The Morgan fingerprint density at radius 2 is 1.97 bits per heavy atom. The Bertz CT molecular complexity index is 1040. The maximum absolute atomic E-state index is 13.1. The fourth-order valence-corrected chi connectivity index (χ4v) is 5.10. The number of nitrogens with zero attached hydrogens (tertiary/aromatic N) is 3. The Hall–Kier alpha value is -3.02. The van der Waals surface area contributed by atoms with Gasteiger partial charge in [-0.15, -0.1) is 0 Å². The van der Waals surface area contributed by atoms with Gasteiger partial charge in [0.2, 0.25) is 0 Å². The topological polar surface area (TPSA) is 64.3 Å². The summed E-state index contributed by atoms with van der Waals surface area (Å²) in [6.45, 7) is 3.84. The summed E-state index contributed by atoms with van der Waals surface area (Å²) in [6, 6.07) is 13.2. The number of aromatic nitrogens is 2. The van der Waals surface area contributed by atoms with Crippen molar-refractivity contribution in [3.05, 3.63) is 59.9 Å². The van der Waals surface area contributed by atoms with E-state index in [-0.39, 0.29) is 18.1 Å². The number of carbonyl (C=O) groups excluding carboxylic acids is 1. The van der Waals surface area contributed by atoms with E-state index in [1.807, 2.05) is 17.3 Å². The van der Waals surface area contributed by atoms with Gasteiger partial charge in [-0.3, -0.25) is 0 Å². The number of carbonyl (C=O) groups is 1. The lowest BCUT2D eigenvalue weighted by Crippen LogP contribution is -2.56. The molecule has 1 unspecified atom stereocenters. The number of benzene rings is 1. The van der Waals surface area contributed by atoms with Gasteiger partial charge in [0.15, 0.2) is 0 Å². The summed E-state index contributed by atoms with van der Waals surface area (Å²) >= 11 is 0. The van der Waals surface area contributed by atoms with E-state index in [0.29, 0.717) is 5.92 Å². The lowest BCUT2D eigenvalue weighted by atomic mass is 9.92. The van der Waals surface area contributed by atoms with Crippen LogP contribution >= 0.6 is 0 Å². The van der Waals surface area contributed by atoms with E-state index >= 15 is 0 Å². The minimum atomic E-state index is 0.0691. The first-order valence-corrected chi connectivity index (χ1v) is 10.9.